The van der Waals surface area contributed by atoms with Crippen LogP contribution in [0.4, 0.5) is 5.82 Å². The van der Waals surface area contributed by atoms with E-state index in [1.165, 1.54) is 18.2 Å². The number of nitrogens with zero attached hydrogens (tertiary/aromatic N) is 2. The number of hydrogen-bond donors (Lipinski definition) is 0. The van der Waals surface area contributed by atoms with Gasteiger partial charge in [-0.05, 0) is 12.1 Å². The Morgan fingerprint density at radius 1 is 1.29 bits per heavy atom. The molecule has 0 bridgehead atoms. The lowest BCUT2D eigenvalue weighted by molar-refractivity contribution is 0.522. The Balaban J connectivity index is 3.12. The fourth-order valence-corrected chi connectivity index (χ4v) is 1.77. The highest BCUT2D eigenvalue weighted by Crippen LogP contribution is 2.16. The standard InChI is InChI=1S/C5H5ClN2O4S2/c6-4-2-1-3-5(7-4)8(13(9)10)14(11)12/h1-3H,(H,9,10)(H,11,12)/p-2. The van der Waals surface area contributed by atoms with Gasteiger partial charge in [0.15, 0.2) is 5.82 Å². The summed E-state index contributed by atoms with van der Waals surface area (Å²) in [5.74, 6) is -0.279. The molecule has 1 rings (SSSR count). The van der Waals surface area contributed by atoms with Crippen molar-refractivity contribution < 1.29 is 17.5 Å². The first-order valence-corrected chi connectivity index (χ1v) is 5.58. The summed E-state index contributed by atoms with van der Waals surface area (Å²) < 4.78 is 42.1. The molecule has 6 nitrogen and oxygen atoms in total. The molecule has 0 amide bonds. The summed E-state index contributed by atoms with van der Waals surface area (Å²) in [6.45, 7) is 0. The maximum atomic E-state index is 10.5. The van der Waals surface area contributed by atoms with E-state index in [1.54, 1.807) is 0 Å². The van der Waals surface area contributed by atoms with Crippen LogP contribution in [0.25, 0.3) is 0 Å². The van der Waals surface area contributed by atoms with Gasteiger partial charge in [-0.2, -0.15) is 0 Å². The highest BCUT2D eigenvalue weighted by molar-refractivity contribution is 7.98. The van der Waals surface area contributed by atoms with Crippen molar-refractivity contribution in [2.24, 2.45) is 0 Å². The fourth-order valence-electron chi connectivity index (χ4n) is 0.702. The molecule has 0 aromatic carbocycles. The third-order valence-corrected chi connectivity index (χ3v) is 3.01. The molecule has 0 fully saturated rings. The largest absolute Gasteiger partial charge is 0.754 e. The van der Waals surface area contributed by atoms with Crippen LogP contribution in [0.3, 0.4) is 0 Å². The van der Waals surface area contributed by atoms with Gasteiger partial charge in [0.25, 0.3) is 0 Å². The van der Waals surface area contributed by atoms with Crippen LogP contribution in [0.5, 0.6) is 0 Å². The summed E-state index contributed by atoms with van der Waals surface area (Å²) in [4.78, 5) is 3.52. The average Bonchev–Trinajstić information content (AvgIpc) is 2.02. The van der Waals surface area contributed by atoms with Gasteiger partial charge in [-0.3, -0.25) is 8.42 Å². The third-order valence-electron chi connectivity index (χ3n) is 1.16. The van der Waals surface area contributed by atoms with Gasteiger partial charge in [-0.1, -0.05) is 17.7 Å². The van der Waals surface area contributed by atoms with Gasteiger partial charge >= 0.3 is 0 Å². The molecule has 0 aliphatic heterocycles. The van der Waals surface area contributed by atoms with Crippen LogP contribution in [-0.2, 0) is 22.5 Å². The number of hydrogen-bond acceptors (Lipinski definition) is 5. The first kappa shape index (κ1) is 11.5. The Bertz CT molecular complexity index is 374. The highest BCUT2D eigenvalue weighted by atomic mass is 35.5. The van der Waals surface area contributed by atoms with Gasteiger partial charge in [-0.25, -0.2) is 8.69 Å². The molecule has 14 heavy (non-hydrogen) atoms. The Labute approximate surface area is 89.7 Å². The van der Waals surface area contributed by atoms with E-state index < -0.39 is 22.5 Å². The second-order valence-corrected chi connectivity index (χ2v) is 4.23. The van der Waals surface area contributed by atoms with E-state index in [0.717, 1.165) is 0 Å². The molecule has 0 aliphatic rings. The minimum absolute atomic E-state index is 0.00315. The van der Waals surface area contributed by atoms with E-state index in [1.807, 2.05) is 0 Å². The van der Waals surface area contributed by atoms with Crippen LogP contribution < -0.4 is 3.71 Å². The molecule has 0 saturated carbocycles. The molecular weight excluding hydrogens is 252 g/mol. The van der Waals surface area contributed by atoms with Gasteiger partial charge in [0.2, 0.25) is 0 Å². The van der Waals surface area contributed by atoms with Gasteiger partial charge in [0, 0.05) is 0 Å². The van der Waals surface area contributed by atoms with E-state index in [9.17, 15) is 17.5 Å². The molecule has 0 radical (unpaired) electrons. The fraction of sp³-hybridized carbons (Fsp3) is 0. The molecule has 1 aromatic heterocycles. The molecule has 1 aromatic rings. The van der Waals surface area contributed by atoms with Crippen LogP contribution >= 0.6 is 11.6 Å². The van der Waals surface area contributed by atoms with E-state index >= 15 is 0 Å². The predicted octanol–water partition coefficient (Wildman–Crippen LogP) is 0.130. The Kier molecular flexibility index (Phi) is 3.96. The maximum absolute atomic E-state index is 10.5. The van der Waals surface area contributed by atoms with Crippen molar-refractivity contribution in [3.63, 3.8) is 0 Å². The minimum Gasteiger partial charge on any atom is -0.754 e. The van der Waals surface area contributed by atoms with Crippen molar-refractivity contribution in [2.45, 2.75) is 0 Å². The predicted molar refractivity (Wildman–Crippen MR) is 49.6 cm³/mol. The Morgan fingerprint density at radius 3 is 2.29 bits per heavy atom. The van der Waals surface area contributed by atoms with Crippen LogP contribution in [-0.4, -0.2) is 22.5 Å². The first-order valence-electron chi connectivity index (χ1n) is 3.14. The molecule has 0 saturated heterocycles. The first-order chi connectivity index (χ1) is 6.52. The molecule has 2 atom stereocenters. The second kappa shape index (κ2) is 4.80. The van der Waals surface area contributed by atoms with Crippen molar-refractivity contribution in [3.8, 4) is 0 Å². The lowest BCUT2D eigenvalue weighted by atomic mass is 10.5. The summed E-state index contributed by atoms with van der Waals surface area (Å²) in [5.41, 5.74) is 0. The molecule has 78 valence electrons. The quantitative estimate of drug-likeness (QED) is 0.564. The Morgan fingerprint density at radius 2 is 1.86 bits per heavy atom. The smallest absolute Gasteiger partial charge is 0.153 e. The van der Waals surface area contributed by atoms with Crippen LogP contribution in [0.2, 0.25) is 5.15 Å². The molecule has 0 N–H and O–H groups in total. The van der Waals surface area contributed by atoms with Crippen molar-refractivity contribution >= 4 is 40.0 Å². The topological polar surface area (TPSA) is 96.4 Å². The average molecular weight is 255 g/mol. The van der Waals surface area contributed by atoms with E-state index in [4.69, 9.17) is 11.6 Å². The number of rotatable bonds is 3. The number of anilines is 1. The second-order valence-electron chi connectivity index (χ2n) is 2.01. The molecule has 2 unspecified atom stereocenters. The monoisotopic (exact) mass is 254 g/mol. The number of pyridine rings is 1. The summed E-state index contributed by atoms with van der Waals surface area (Å²) >= 11 is -0.428. The molecule has 1 heterocycles. The van der Waals surface area contributed by atoms with Crippen molar-refractivity contribution in [2.75, 3.05) is 3.71 Å². The zero-order chi connectivity index (χ0) is 10.7. The van der Waals surface area contributed by atoms with Gasteiger partial charge in [-0.15, -0.1) is 0 Å². The van der Waals surface area contributed by atoms with E-state index in [2.05, 4.69) is 4.98 Å². The SMILES string of the molecule is O=S([O-])N(c1cccc(Cl)n1)S(=O)[O-]. The lowest BCUT2D eigenvalue weighted by Crippen LogP contribution is -2.28. The van der Waals surface area contributed by atoms with Gasteiger partial charge in [0.05, 0.1) is 22.5 Å². The zero-order valence-electron chi connectivity index (χ0n) is 6.45. The van der Waals surface area contributed by atoms with Crippen molar-refractivity contribution in [3.05, 3.63) is 23.4 Å². The van der Waals surface area contributed by atoms with E-state index in [0.29, 0.717) is 0 Å². The number of aromatic nitrogens is 1. The Hall–Kier alpha value is -0.540. The summed E-state index contributed by atoms with van der Waals surface area (Å²) in [6.07, 6.45) is 0. The highest BCUT2D eigenvalue weighted by Gasteiger charge is 2.09. The summed E-state index contributed by atoms with van der Waals surface area (Å²) in [5, 5.41) is 0.00315. The molecular formula is C5H3ClN2O4S2-2. The third kappa shape index (κ3) is 2.72. The van der Waals surface area contributed by atoms with Gasteiger partial charge < -0.3 is 9.11 Å². The summed E-state index contributed by atoms with van der Waals surface area (Å²) in [7, 11) is 0. The normalized spacial score (nSPS) is 14.8. The van der Waals surface area contributed by atoms with Crippen molar-refractivity contribution in [1.29, 1.82) is 0 Å². The molecule has 0 spiro atoms. The number of halogens is 1. The molecule has 9 heteroatoms. The van der Waals surface area contributed by atoms with Crippen LogP contribution in [0.15, 0.2) is 18.2 Å². The lowest BCUT2D eigenvalue weighted by Gasteiger charge is -2.26. The minimum atomic E-state index is -2.94. The van der Waals surface area contributed by atoms with E-state index in [-0.39, 0.29) is 14.7 Å². The maximum Gasteiger partial charge on any atom is 0.153 e. The van der Waals surface area contributed by atoms with Crippen LogP contribution in [0, 0.1) is 0 Å². The zero-order valence-corrected chi connectivity index (χ0v) is 8.84. The van der Waals surface area contributed by atoms with Crippen LogP contribution in [0.1, 0.15) is 0 Å². The summed E-state index contributed by atoms with van der Waals surface area (Å²) in [6, 6.07) is 3.99. The van der Waals surface area contributed by atoms with Gasteiger partial charge in [0.1, 0.15) is 5.15 Å². The van der Waals surface area contributed by atoms with Crippen molar-refractivity contribution in [1.82, 2.24) is 4.98 Å². The molecule has 0 aliphatic carbocycles.